The predicted octanol–water partition coefficient (Wildman–Crippen LogP) is 2.89. The molecule has 124 valence electrons. The van der Waals surface area contributed by atoms with Crippen molar-refractivity contribution < 1.29 is 0 Å². The first-order valence-electron chi connectivity index (χ1n) is 8.24. The second-order valence-corrected chi connectivity index (χ2v) is 6.21. The van der Waals surface area contributed by atoms with E-state index >= 15 is 0 Å². The van der Waals surface area contributed by atoms with Crippen LogP contribution in [0.2, 0.25) is 0 Å². The minimum absolute atomic E-state index is 0.445. The average molecular weight is 312 g/mol. The summed E-state index contributed by atoms with van der Waals surface area (Å²) in [5.41, 5.74) is 8.30. The summed E-state index contributed by atoms with van der Waals surface area (Å²) in [7, 11) is 2.07. The summed E-state index contributed by atoms with van der Waals surface area (Å²) in [6.07, 6.45) is 1.97. The van der Waals surface area contributed by atoms with E-state index in [1.54, 1.807) is 0 Å². The summed E-state index contributed by atoms with van der Waals surface area (Å²) >= 11 is 0. The van der Waals surface area contributed by atoms with Gasteiger partial charge in [-0.15, -0.1) is 0 Å². The van der Waals surface area contributed by atoms with Crippen LogP contribution in [0.4, 0.5) is 5.82 Å². The van der Waals surface area contributed by atoms with E-state index in [2.05, 4.69) is 72.1 Å². The molecule has 2 aromatic rings. The fraction of sp³-hybridized carbons (Fsp3) is 0.421. The SMILES string of the molecule is CC(C)N(C)c1ccc(CN(CCN)Cc2ccccc2)cn1. The lowest BCUT2D eigenvalue weighted by atomic mass is 10.2. The molecule has 1 aromatic heterocycles. The summed E-state index contributed by atoms with van der Waals surface area (Å²) < 4.78 is 0. The molecule has 0 radical (unpaired) electrons. The molecule has 0 bridgehead atoms. The lowest BCUT2D eigenvalue weighted by Crippen LogP contribution is -2.29. The van der Waals surface area contributed by atoms with Crippen LogP contribution >= 0.6 is 0 Å². The lowest BCUT2D eigenvalue weighted by Gasteiger charge is -2.24. The molecule has 2 rings (SSSR count). The minimum Gasteiger partial charge on any atom is -0.357 e. The van der Waals surface area contributed by atoms with Crippen molar-refractivity contribution in [2.45, 2.75) is 33.0 Å². The predicted molar refractivity (Wildman–Crippen MR) is 97.4 cm³/mol. The van der Waals surface area contributed by atoms with E-state index in [0.717, 1.165) is 25.5 Å². The van der Waals surface area contributed by atoms with Crippen LogP contribution < -0.4 is 10.6 Å². The first-order chi connectivity index (χ1) is 11.1. The number of hydrogen-bond donors (Lipinski definition) is 1. The largest absolute Gasteiger partial charge is 0.357 e. The molecule has 2 N–H and O–H groups in total. The van der Waals surface area contributed by atoms with Gasteiger partial charge in [-0.3, -0.25) is 4.90 Å². The van der Waals surface area contributed by atoms with Crippen molar-refractivity contribution in [1.82, 2.24) is 9.88 Å². The third-order valence-electron chi connectivity index (χ3n) is 4.05. The molecule has 0 fully saturated rings. The summed E-state index contributed by atoms with van der Waals surface area (Å²) in [6.45, 7) is 7.64. The standard InChI is InChI=1S/C19H28N4/c1-16(2)22(3)19-10-9-18(13-21-19)15-23(12-11-20)14-17-7-5-4-6-8-17/h4-10,13,16H,11-12,14-15,20H2,1-3H3. The van der Waals surface area contributed by atoms with Gasteiger partial charge >= 0.3 is 0 Å². The van der Waals surface area contributed by atoms with Gasteiger partial charge in [-0.2, -0.15) is 0 Å². The van der Waals surface area contributed by atoms with Crippen molar-refractivity contribution >= 4 is 5.82 Å². The zero-order chi connectivity index (χ0) is 16.7. The molecule has 4 nitrogen and oxygen atoms in total. The Morgan fingerprint density at radius 1 is 1.00 bits per heavy atom. The fourth-order valence-corrected chi connectivity index (χ4v) is 2.48. The quantitative estimate of drug-likeness (QED) is 0.814. The molecular weight excluding hydrogens is 284 g/mol. The zero-order valence-electron chi connectivity index (χ0n) is 14.4. The van der Waals surface area contributed by atoms with Crippen LogP contribution in [0, 0.1) is 0 Å². The van der Waals surface area contributed by atoms with Crippen LogP contribution in [0.1, 0.15) is 25.0 Å². The first-order valence-corrected chi connectivity index (χ1v) is 8.24. The maximum absolute atomic E-state index is 5.77. The zero-order valence-corrected chi connectivity index (χ0v) is 14.4. The topological polar surface area (TPSA) is 45.4 Å². The molecule has 23 heavy (non-hydrogen) atoms. The molecule has 0 unspecified atom stereocenters. The second kappa shape index (κ2) is 8.65. The van der Waals surface area contributed by atoms with Crippen molar-refractivity contribution in [1.29, 1.82) is 0 Å². The molecule has 0 atom stereocenters. The highest BCUT2D eigenvalue weighted by atomic mass is 15.2. The second-order valence-electron chi connectivity index (χ2n) is 6.21. The third-order valence-corrected chi connectivity index (χ3v) is 4.05. The molecule has 4 heteroatoms. The van der Waals surface area contributed by atoms with Crippen LogP contribution in [-0.2, 0) is 13.1 Å². The molecule has 0 spiro atoms. The highest BCUT2D eigenvalue weighted by Crippen LogP contribution is 2.14. The average Bonchev–Trinajstić information content (AvgIpc) is 2.56. The third kappa shape index (κ3) is 5.34. The number of anilines is 1. The van der Waals surface area contributed by atoms with Gasteiger partial charge < -0.3 is 10.6 Å². The minimum atomic E-state index is 0.445. The van der Waals surface area contributed by atoms with Crippen LogP contribution in [0.25, 0.3) is 0 Å². The van der Waals surface area contributed by atoms with Gasteiger partial charge in [-0.1, -0.05) is 36.4 Å². The number of hydrogen-bond acceptors (Lipinski definition) is 4. The van der Waals surface area contributed by atoms with E-state index in [0.29, 0.717) is 12.6 Å². The van der Waals surface area contributed by atoms with Gasteiger partial charge in [-0.25, -0.2) is 4.98 Å². The normalized spacial score (nSPS) is 11.2. The number of aromatic nitrogens is 1. The summed E-state index contributed by atoms with van der Waals surface area (Å²) in [6, 6.07) is 15.2. The Morgan fingerprint density at radius 3 is 2.26 bits per heavy atom. The molecule has 0 aliphatic carbocycles. The molecule has 0 aliphatic rings. The van der Waals surface area contributed by atoms with Crippen LogP contribution in [0.15, 0.2) is 48.7 Å². The molecule has 0 saturated heterocycles. The molecular formula is C19H28N4. The van der Waals surface area contributed by atoms with Gasteiger partial charge in [0.2, 0.25) is 0 Å². The first kappa shape index (κ1) is 17.4. The van der Waals surface area contributed by atoms with E-state index in [1.807, 2.05) is 12.3 Å². The monoisotopic (exact) mass is 312 g/mol. The number of benzene rings is 1. The molecule has 0 amide bonds. The van der Waals surface area contributed by atoms with Gasteiger partial charge in [0.15, 0.2) is 0 Å². The Morgan fingerprint density at radius 2 is 1.70 bits per heavy atom. The van der Waals surface area contributed by atoms with Crippen LogP contribution in [0.3, 0.4) is 0 Å². The summed E-state index contributed by atoms with van der Waals surface area (Å²) in [5, 5.41) is 0. The van der Waals surface area contributed by atoms with Crippen molar-refractivity contribution in [3.05, 3.63) is 59.8 Å². The molecule has 0 aliphatic heterocycles. The Hall–Kier alpha value is -1.91. The van der Waals surface area contributed by atoms with Crippen molar-refractivity contribution in [3.8, 4) is 0 Å². The van der Waals surface area contributed by atoms with E-state index in [1.165, 1.54) is 11.1 Å². The van der Waals surface area contributed by atoms with Crippen molar-refractivity contribution in [3.63, 3.8) is 0 Å². The van der Waals surface area contributed by atoms with Crippen LogP contribution in [0.5, 0.6) is 0 Å². The Balaban J connectivity index is 2.02. The Bertz CT molecular complexity index is 566. The smallest absolute Gasteiger partial charge is 0.128 e. The maximum Gasteiger partial charge on any atom is 0.128 e. The number of pyridine rings is 1. The number of nitrogens with two attached hydrogens (primary N) is 1. The fourth-order valence-electron chi connectivity index (χ4n) is 2.48. The van der Waals surface area contributed by atoms with Gasteiger partial charge in [0.25, 0.3) is 0 Å². The highest BCUT2D eigenvalue weighted by molar-refractivity contribution is 5.39. The van der Waals surface area contributed by atoms with Crippen molar-refractivity contribution in [2.24, 2.45) is 5.73 Å². The van der Waals surface area contributed by atoms with Gasteiger partial charge in [-0.05, 0) is 31.0 Å². The highest BCUT2D eigenvalue weighted by Gasteiger charge is 2.09. The van der Waals surface area contributed by atoms with Crippen molar-refractivity contribution in [2.75, 3.05) is 25.0 Å². The van der Waals surface area contributed by atoms with Crippen LogP contribution in [-0.4, -0.2) is 36.1 Å². The van der Waals surface area contributed by atoms with Gasteiger partial charge in [0.05, 0.1) is 0 Å². The van der Waals surface area contributed by atoms with E-state index in [9.17, 15) is 0 Å². The molecule has 1 aromatic carbocycles. The Kier molecular flexibility index (Phi) is 6.56. The molecule has 0 saturated carbocycles. The summed E-state index contributed by atoms with van der Waals surface area (Å²) in [4.78, 5) is 9.12. The molecule has 1 heterocycles. The van der Waals surface area contributed by atoms with E-state index < -0.39 is 0 Å². The maximum atomic E-state index is 5.77. The lowest BCUT2D eigenvalue weighted by molar-refractivity contribution is 0.264. The Labute approximate surface area is 139 Å². The summed E-state index contributed by atoms with van der Waals surface area (Å²) in [5.74, 6) is 1.01. The number of rotatable bonds is 8. The van der Waals surface area contributed by atoms with Gasteiger partial charge in [0.1, 0.15) is 5.82 Å². The van der Waals surface area contributed by atoms with E-state index in [4.69, 9.17) is 5.73 Å². The number of nitrogens with zero attached hydrogens (tertiary/aromatic N) is 3. The van der Waals surface area contributed by atoms with Gasteiger partial charge in [0, 0.05) is 45.5 Å². The van der Waals surface area contributed by atoms with E-state index in [-0.39, 0.29) is 0 Å².